The minimum atomic E-state index is -4.22. The van der Waals surface area contributed by atoms with Gasteiger partial charge in [0.25, 0.3) is 5.91 Å². The van der Waals surface area contributed by atoms with Gasteiger partial charge in [-0.15, -0.1) is 0 Å². The van der Waals surface area contributed by atoms with Crippen molar-refractivity contribution in [2.75, 3.05) is 25.6 Å². The zero-order chi connectivity index (χ0) is 20.2. The Morgan fingerprint density at radius 1 is 1.26 bits per heavy atom. The number of hydrogen-bond donors (Lipinski definition) is 2. The van der Waals surface area contributed by atoms with Gasteiger partial charge in [0.05, 0.1) is 17.7 Å². The summed E-state index contributed by atoms with van der Waals surface area (Å²) in [5.74, 6) is -2.30. The van der Waals surface area contributed by atoms with E-state index in [9.17, 15) is 22.8 Å². The minimum Gasteiger partial charge on any atom is -0.497 e. The summed E-state index contributed by atoms with van der Waals surface area (Å²) < 4.78 is 30.7. The van der Waals surface area contributed by atoms with Crippen molar-refractivity contribution in [2.45, 2.75) is 35.8 Å². The third-order valence-corrected chi connectivity index (χ3v) is 6.28. The van der Waals surface area contributed by atoms with Crippen LogP contribution in [0.25, 0.3) is 0 Å². The molecule has 0 saturated heterocycles. The van der Waals surface area contributed by atoms with Crippen LogP contribution in [0.3, 0.4) is 0 Å². The van der Waals surface area contributed by atoms with E-state index in [2.05, 4.69) is 5.32 Å². The summed E-state index contributed by atoms with van der Waals surface area (Å²) in [4.78, 5) is 36.4. The normalized spacial score (nSPS) is 17.9. The Morgan fingerprint density at radius 2 is 1.96 bits per heavy atom. The van der Waals surface area contributed by atoms with Crippen molar-refractivity contribution in [1.29, 1.82) is 0 Å². The first-order valence-electron chi connectivity index (χ1n) is 8.39. The van der Waals surface area contributed by atoms with E-state index >= 15 is 0 Å². The molecule has 0 saturated carbocycles. The average Bonchev–Trinajstić information content (AvgIpc) is 2.62. The van der Waals surface area contributed by atoms with Gasteiger partial charge in [0.1, 0.15) is 5.75 Å². The van der Waals surface area contributed by atoms with Crippen molar-refractivity contribution >= 4 is 33.3 Å². The second-order valence-corrected chi connectivity index (χ2v) is 8.15. The smallest absolute Gasteiger partial charge is 0.303 e. The Balaban J connectivity index is 2.13. The van der Waals surface area contributed by atoms with Gasteiger partial charge in [-0.05, 0) is 25.0 Å². The van der Waals surface area contributed by atoms with Gasteiger partial charge in [-0.25, -0.2) is 8.42 Å². The van der Waals surface area contributed by atoms with E-state index in [1.807, 2.05) is 0 Å². The summed E-state index contributed by atoms with van der Waals surface area (Å²) >= 11 is 0. The van der Waals surface area contributed by atoms with Crippen molar-refractivity contribution < 1.29 is 32.6 Å². The van der Waals surface area contributed by atoms with Gasteiger partial charge < -0.3 is 20.1 Å². The molecule has 1 atom stereocenters. The number of hydrogen-bond acceptors (Lipinski definition) is 6. The lowest BCUT2D eigenvalue weighted by molar-refractivity contribution is -0.137. The van der Waals surface area contributed by atoms with Crippen LogP contribution in [-0.2, 0) is 24.2 Å². The van der Waals surface area contributed by atoms with E-state index < -0.39 is 32.9 Å². The van der Waals surface area contributed by atoms with Crippen molar-refractivity contribution in [3.8, 4) is 5.75 Å². The molecule has 1 unspecified atom stereocenters. The maximum absolute atomic E-state index is 12.9. The van der Waals surface area contributed by atoms with Crippen LogP contribution in [0.1, 0.15) is 25.7 Å². The van der Waals surface area contributed by atoms with Crippen LogP contribution in [0.4, 0.5) is 5.69 Å². The molecular weight excluding hydrogens is 376 g/mol. The first-order valence-corrected chi connectivity index (χ1v) is 9.93. The van der Waals surface area contributed by atoms with Crippen LogP contribution in [0.5, 0.6) is 5.75 Å². The summed E-state index contributed by atoms with van der Waals surface area (Å²) in [5, 5.41) is 9.17. The molecule has 9 nitrogen and oxygen atoms in total. The summed E-state index contributed by atoms with van der Waals surface area (Å²) in [5.41, 5.74) is 0.193. The van der Waals surface area contributed by atoms with Gasteiger partial charge in [-0.1, -0.05) is 6.42 Å². The van der Waals surface area contributed by atoms with Crippen molar-refractivity contribution in [3.63, 3.8) is 0 Å². The average molecular weight is 398 g/mol. The zero-order valence-electron chi connectivity index (χ0n) is 15.1. The van der Waals surface area contributed by atoms with Crippen LogP contribution in [0.15, 0.2) is 23.1 Å². The molecule has 2 rings (SSSR count). The molecule has 10 heteroatoms. The van der Waals surface area contributed by atoms with Crippen LogP contribution in [-0.4, -0.2) is 57.3 Å². The monoisotopic (exact) mass is 398 g/mol. The molecule has 1 heterocycles. The fourth-order valence-electron chi connectivity index (χ4n) is 2.82. The number of carbonyl (C=O) groups excluding carboxylic acids is 2. The number of aliphatic carboxylic acids is 1. The number of sulfone groups is 1. The summed E-state index contributed by atoms with van der Waals surface area (Å²) in [7, 11) is -1.42. The van der Waals surface area contributed by atoms with Gasteiger partial charge in [0.15, 0.2) is 0 Å². The van der Waals surface area contributed by atoms with Crippen LogP contribution in [0, 0.1) is 0 Å². The molecule has 0 fully saturated rings. The highest BCUT2D eigenvalue weighted by atomic mass is 32.2. The van der Waals surface area contributed by atoms with Gasteiger partial charge in [0.2, 0.25) is 21.0 Å². The molecule has 148 valence electrons. The highest BCUT2D eigenvalue weighted by Crippen LogP contribution is 2.36. The fourth-order valence-corrected chi connectivity index (χ4v) is 4.64. The Hall–Kier alpha value is -2.62. The highest BCUT2D eigenvalue weighted by Gasteiger charge is 2.47. The number of unbranched alkanes of at least 4 members (excludes halogenated alkanes) is 2. The Morgan fingerprint density at radius 3 is 2.59 bits per heavy atom. The van der Waals surface area contributed by atoms with Crippen molar-refractivity contribution in [1.82, 2.24) is 5.32 Å². The molecule has 0 radical (unpaired) electrons. The number of nitrogens with one attached hydrogen (secondary N) is 1. The number of ether oxygens (including phenoxy) is 1. The molecule has 0 aliphatic carbocycles. The second-order valence-electron chi connectivity index (χ2n) is 6.15. The summed E-state index contributed by atoms with van der Waals surface area (Å²) in [6.45, 7) is 0.159. The number of rotatable bonds is 8. The van der Waals surface area contributed by atoms with E-state index in [4.69, 9.17) is 9.84 Å². The number of amides is 2. The standard InChI is InChI=1S/C17H22N2O7S/c1-19-12-8-7-11(26-2)10-13(12)27(24,25)15(17(19)23)16(22)18-9-5-3-4-6-14(20)21/h7-8,10,15H,3-6,9H2,1-2H3,(H,18,22)(H,20,21). The maximum Gasteiger partial charge on any atom is 0.303 e. The number of nitrogens with zero attached hydrogens (tertiary/aromatic N) is 1. The lowest BCUT2D eigenvalue weighted by Gasteiger charge is -2.30. The first-order chi connectivity index (χ1) is 12.7. The molecule has 1 aromatic carbocycles. The Bertz CT molecular complexity index is 851. The van der Waals surface area contributed by atoms with Gasteiger partial charge in [-0.3, -0.25) is 14.4 Å². The fraction of sp³-hybridized carbons (Fsp3) is 0.471. The lowest BCUT2D eigenvalue weighted by atomic mass is 10.2. The predicted octanol–water partition coefficient (Wildman–Crippen LogP) is 0.575. The Kier molecular flexibility index (Phi) is 6.42. The van der Waals surface area contributed by atoms with E-state index in [0.717, 1.165) is 4.90 Å². The topological polar surface area (TPSA) is 130 Å². The maximum atomic E-state index is 12.9. The van der Waals surface area contributed by atoms with E-state index in [1.54, 1.807) is 0 Å². The molecule has 1 aliphatic heterocycles. The predicted molar refractivity (Wildman–Crippen MR) is 96.5 cm³/mol. The summed E-state index contributed by atoms with van der Waals surface area (Å²) in [6.07, 6.45) is 1.55. The second kappa shape index (κ2) is 8.38. The third-order valence-electron chi connectivity index (χ3n) is 4.30. The van der Waals surface area contributed by atoms with E-state index in [0.29, 0.717) is 25.0 Å². The SMILES string of the molecule is COc1ccc2c(c1)S(=O)(=O)C(C(=O)NCCCCCC(=O)O)C(=O)N2C. The van der Waals surface area contributed by atoms with Gasteiger partial charge >= 0.3 is 5.97 Å². The number of fused-ring (bicyclic) bond motifs is 1. The number of methoxy groups -OCH3 is 1. The number of carboxylic acids is 1. The minimum absolute atomic E-state index is 0.0346. The number of anilines is 1. The van der Waals surface area contributed by atoms with Crippen molar-refractivity contribution in [3.05, 3.63) is 18.2 Å². The highest BCUT2D eigenvalue weighted by molar-refractivity contribution is 7.94. The molecule has 1 aromatic rings. The summed E-state index contributed by atoms with van der Waals surface area (Å²) in [6, 6.07) is 4.29. The van der Waals surface area contributed by atoms with E-state index in [-0.39, 0.29) is 23.5 Å². The molecule has 27 heavy (non-hydrogen) atoms. The van der Waals surface area contributed by atoms with Crippen LogP contribution < -0.4 is 15.0 Å². The quantitative estimate of drug-likeness (QED) is 0.484. The molecule has 0 spiro atoms. The zero-order valence-corrected chi connectivity index (χ0v) is 15.9. The van der Waals surface area contributed by atoms with Crippen LogP contribution in [0.2, 0.25) is 0 Å². The molecule has 2 amide bonds. The molecule has 0 aromatic heterocycles. The molecular formula is C17H22N2O7S. The van der Waals surface area contributed by atoms with Crippen LogP contribution >= 0.6 is 0 Å². The number of carbonyl (C=O) groups is 3. The molecule has 0 bridgehead atoms. The molecule has 1 aliphatic rings. The van der Waals surface area contributed by atoms with Gasteiger partial charge in [-0.2, -0.15) is 0 Å². The molecule has 2 N–H and O–H groups in total. The van der Waals surface area contributed by atoms with E-state index in [1.165, 1.54) is 32.4 Å². The first kappa shape index (κ1) is 20.7. The number of benzene rings is 1. The van der Waals surface area contributed by atoms with Gasteiger partial charge in [0, 0.05) is 26.1 Å². The Labute approximate surface area is 157 Å². The van der Waals surface area contributed by atoms with Crippen molar-refractivity contribution in [2.24, 2.45) is 0 Å². The third kappa shape index (κ3) is 4.38. The largest absolute Gasteiger partial charge is 0.497 e. The number of carboxylic acid groups (broad SMARTS) is 1. The lowest BCUT2D eigenvalue weighted by Crippen LogP contribution is -2.53.